The predicted octanol–water partition coefficient (Wildman–Crippen LogP) is 3.04. The summed E-state index contributed by atoms with van der Waals surface area (Å²) < 4.78 is 9.48. The van der Waals surface area contributed by atoms with Crippen molar-refractivity contribution in [2.24, 2.45) is 11.7 Å². The molecule has 1 saturated carbocycles. The number of primary amides is 1. The Morgan fingerprint density at radius 3 is 2.65 bits per heavy atom. The van der Waals surface area contributed by atoms with Crippen molar-refractivity contribution in [2.75, 3.05) is 0 Å². The number of ether oxygens (including phenoxy) is 1. The normalized spacial score (nSPS) is 26.2. The molecule has 0 spiro atoms. The maximum atomic E-state index is 12.2. The number of aromatic nitrogens is 1. The summed E-state index contributed by atoms with van der Waals surface area (Å²) in [6.07, 6.45) is 2.97. The van der Waals surface area contributed by atoms with E-state index >= 15 is 0 Å². The lowest BCUT2D eigenvalue weighted by Gasteiger charge is -2.38. The van der Waals surface area contributed by atoms with E-state index in [0.29, 0.717) is 6.42 Å². The SMILES string of the molecule is CC1CCCCC1(OC(=O)c1nsc(Cl)c1Cl)C(N)=O. The monoisotopic (exact) mass is 336 g/mol. The summed E-state index contributed by atoms with van der Waals surface area (Å²) in [5.41, 5.74) is 4.12. The highest BCUT2D eigenvalue weighted by atomic mass is 35.5. The Kier molecular flexibility index (Phi) is 4.56. The van der Waals surface area contributed by atoms with Crippen LogP contribution in [0.2, 0.25) is 9.36 Å². The summed E-state index contributed by atoms with van der Waals surface area (Å²) in [4.78, 5) is 24.0. The molecule has 0 saturated heterocycles. The lowest BCUT2D eigenvalue weighted by molar-refractivity contribution is -0.147. The average Bonchev–Trinajstić information content (AvgIpc) is 2.72. The van der Waals surface area contributed by atoms with Crippen LogP contribution in [-0.2, 0) is 9.53 Å². The van der Waals surface area contributed by atoms with Crippen LogP contribution in [0, 0.1) is 5.92 Å². The maximum Gasteiger partial charge on any atom is 0.360 e. The fourth-order valence-corrected chi connectivity index (χ4v) is 3.47. The number of amides is 1. The first-order chi connectivity index (χ1) is 9.38. The zero-order valence-corrected chi connectivity index (χ0v) is 13.1. The summed E-state index contributed by atoms with van der Waals surface area (Å²) >= 11 is 12.5. The van der Waals surface area contributed by atoms with Crippen LogP contribution in [0.1, 0.15) is 43.1 Å². The van der Waals surface area contributed by atoms with Gasteiger partial charge in [-0.3, -0.25) is 4.79 Å². The molecule has 2 unspecified atom stereocenters. The first-order valence-electron chi connectivity index (χ1n) is 6.22. The highest BCUT2D eigenvalue weighted by Gasteiger charge is 2.47. The molecule has 0 radical (unpaired) electrons. The van der Waals surface area contributed by atoms with Crippen LogP contribution in [0.3, 0.4) is 0 Å². The predicted molar refractivity (Wildman–Crippen MR) is 77.1 cm³/mol. The molecular weight excluding hydrogens is 323 g/mol. The Labute approximate surface area is 130 Å². The zero-order chi connectivity index (χ0) is 14.9. The Hall–Kier alpha value is -0.850. The summed E-state index contributed by atoms with van der Waals surface area (Å²) in [7, 11) is 0. The van der Waals surface area contributed by atoms with E-state index in [1.54, 1.807) is 0 Å². The van der Waals surface area contributed by atoms with E-state index in [1.165, 1.54) is 0 Å². The first-order valence-corrected chi connectivity index (χ1v) is 7.75. The number of carbonyl (C=O) groups is 2. The molecule has 0 aromatic carbocycles. The fourth-order valence-electron chi connectivity index (χ4n) is 2.49. The number of halogens is 2. The molecule has 1 aromatic heterocycles. The molecule has 1 aliphatic carbocycles. The van der Waals surface area contributed by atoms with Crippen LogP contribution in [0.15, 0.2) is 0 Å². The molecule has 5 nitrogen and oxygen atoms in total. The second kappa shape index (κ2) is 5.87. The number of hydrogen-bond acceptors (Lipinski definition) is 5. The van der Waals surface area contributed by atoms with Crippen LogP contribution in [-0.4, -0.2) is 21.9 Å². The van der Waals surface area contributed by atoms with Gasteiger partial charge in [0.2, 0.25) is 0 Å². The van der Waals surface area contributed by atoms with Crippen molar-refractivity contribution in [1.82, 2.24) is 4.37 Å². The largest absolute Gasteiger partial charge is 0.444 e. The Morgan fingerprint density at radius 2 is 2.15 bits per heavy atom. The molecule has 1 fully saturated rings. The van der Waals surface area contributed by atoms with Gasteiger partial charge < -0.3 is 10.5 Å². The molecule has 2 atom stereocenters. The van der Waals surface area contributed by atoms with E-state index < -0.39 is 17.5 Å². The number of hydrogen-bond donors (Lipinski definition) is 1. The van der Waals surface area contributed by atoms with Crippen LogP contribution in [0.25, 0.3) is 0 Å². The topological polar surface area (TPSA) is 82.3 Å². The van der Waals surface area contributed by atoms with Gasteiger partial charge in [0.15, 0.2) is 11.3 Å². The van der Waals surface area contributed by atoms with E-state index in [1.807, 2.05) is 6.92 Å². The molecule has 0 aliphatic heterocycles. The summed E-state index contributed by atoms with van der Waals surface area (Å²) in [6, 6.07) is 0. The van der Waals surface area contributed by atoms with Crippen LogP contribution in [0.4, 0.5) is 0 Å². The van der Waals surface area contributed by atoms with Gasteiger partial charge in [-0.1, -0.05) is 36.5 Å². The molecule has 20 heavy (non-hydrogen) atoms. The maximum absolute atomic E-state index is 12.2. The highest BCUT2D eigenvalue weighted by Crippen LogP contribution is 2.38. The van der Waals surface area contributed by atoms with Crippen LogP contribution in [0.5, 0.6) is 0 Å². The van der Waals surface area contributed by atoms with Gasteiger partial charge in [-0.25, -0.2) is 4.79 Å². The van der Waals surface area contributed by atoms with Crippen molar-refractivity contribution in [1.29, 1.82) is 0 Å². The third-order valence-electron chi connectivity index (χ3n) is 3.71. The zero-order valence-electron chi connectivity index (χ0n) is 10.8. The molecule has 1 amide bonds. The van der Waals surface area contributed by atoms with Gasteiger partial charge in [0.25, 0.3) is 5.91 Å². The quantitative estimate of drug-likeness (QED) is 0.860. The fraction of sp³-hybridized carbons (Fsp3) is 0.583. The van der Waals surface area contributed by atoms with E-state index in [0.717, 1.165) is 30.8 Å². The van der Waals surface area contributed by atoms with Crippen molar-refractivity contribution in [3.8, 4) is 0 Å². The van der Waals surface area contributed by atoms with Gasteiger partial charge >= 0.3 is 5.97 Å². The molecule has 8 heteroatoms. The van der Waals surface area contributed by atoms with Crippen molar-refractivity contribution in [3.63, 3.8) is 0 Å². The Bertz CT molecular complexity index is 549. The summed E-state index contributed by atoms with van der Waals surface area (Å²) in [6.45, 7) is 1.85. The number of nitrogens with zero attached hydrogens (tertiary/aromatic N) is 1. The molecule has 1 heterocycles. The van der Waals surface area contributed by atoms with E-state index in [-0.39, 0.29) is 21.0 Å². The van der Waals surface area contributed by atoms with Crippen molar-refractivity contribution >= 4 is 46.6 Å². The third-order valence-corrected chi connectivity index (χ3v) is 5.33. The van der Waals surface area contributed by atoms with Gasteiger partial charge in [0.1, 0.15) is 9.36 Å². The number of esters is 1. The molecule has 1 aromatic rings. The second-order valence-electron chi connectivity index (χ2n) is 4.91. The lowest BCUT2D eigenvalue weighted by Crippen LogP contribution is -2.54. The Balaban J connectivity index is 2.27. The smallest absolute Gasteiger partial charge is 0.360 e. The van der Waals surface area contributed by atoms with Crippen LogP contribution >= 0.6 is 34.7 Å². The molecule has 2 N–H and O–H groups in total. The van der Waals surface area contributed by atoms with Crippen molar-refractivity contribution < 1.29 is 14.3 Å². The number of nitrogens with two attached hydrogens (primary N) is 1. The average molecular weight is 337 g/mol. The first kappa shape index (κ1) is 15.5. The van der Waals surface area contributed by atoms with E-state index in [9.17, 15) is 9.59 Å². The van der Waals surface area contributed by atoms with Gasteiger partial charge in [-0.2, -0.15) is 4.37 Å². The van der Waals surface area contributed by atoms with Gasteiger partial charge in [-0.15, -0.1) is 0 Å². The molecule has 2 rings (SSSR count). The standard InChI is InChI=1S/C12H14Cl2N2O3S/c1-6-4-2-3-5-12(6,11(15)18)19-10(17)8-7(13)9(14)20-16-8/h6H,2-5H2,1H3,(H2,15,18). The lowest BCUT2D eigenvalue weighted by atomic mass is 9.75. The molecular formula is C12H14Cl2N2O3S. The van der Waals surface area contributed by atoms with Gasteiger partial charge in [0.05, 0.1) is 0 Å². The van der Waals surface area contributed by atoms with Crippen molar-refractivity contribution in [2.45, 2.75) is 38.2 Å². The number of carbonyl (C=O) groups excluding carboxylic acids is 2. The number of rotatable bonds is 3. The Morgan fingerprint density at radius 1 is 1.45 bits per heavy atom. The van der Waals surface area contributed by atoms with Crippen molar-refractivity contribution in [3.05, 3.63) is 15.1 Å². The van der Waals surface area contributed by atoms with Crippen LogP contribution < -0.4 is 5.73 Å². The minimum atomic E-state index is -1.28. The van der Waals surface area contributed by atoms with E-state index in [4.69, 9.17) is 33.7 Å². The van der Waals surface area contributed by atoms with E-state index in [2.05, 4.69) is 4.37 Å². The minimum absolute atomic E-state index is 0.0461. The molecule has 110 valence electrons. The third kappa shape index (κ3) is 2.64. The highest BCUT2D eigenvalue weighted by molar-refractivity contribution is 7.11. The minimum Gasteiger partial charge on any atom is -0.444 e. The van der Waals surface area contributed by atoms with Gasteiger partial charge in [0, 0.05) is 5.92 Å². The molecule has 0 bridgehead atoms. The summed E-state index contributed by atoms with van der Waals surface area (Å²) in [5, 5.41) is 0.0461. The second-order valence-corrected chi connectivity index (χ2v) is 6.66. The van der Waals surface area contributed by atoms with Gasteiger partial charge in [-0.05, 0) is 30.8 Å². The molecule has 1 aliphatic rings. The summed E-state index contributed by atoms with van der Waals surface area (Å²) in [5.74, 6) is -1.52.